The van der Waals surface area contributed by atoms with Gasteiger partial charge in [0, 0.05) is 6.54 Å². The van der Waals surface area contributed by atoms with Crippen LogP contribution in [-0.4, -0.2) is 19.7 Å². The lowest BCUT2D eigenvalue weighted by Gasteiger charge is -2.23. The summed E-state index contributed by atoms with van der Waals surface area (Å²) in [5.74, 6) is 1.02. The van der Waals surface area contributed by atoms with E-state index in [1.54, 1.807) is 0 Å². The van der Waals surface area contributed by atoms with Crippen molar-refractivity contribution in [2.45, 2.75) is 60.3 Å². The van der Waals surface area contributed by atoms with Gasteiger partial charge in [-0.3, -0.25) is 0 Å². The first-order chi connectivity index (χ1) is 9.59. The highest BCUT2D eigenvalue weighted by Gasteiger charge is 2.19. The molecule has 0 aliphatic heterocycles. The Morgan fingerprint density at radius 2 is 1.67 bits per heavy atom. The van der Waals surface area contributed by atoms with Gasteiger partial charge in [-0.2, -0.15) is 0 Å². The molecule has 0 heterocycles. The Kier molecular flexibility index (Phi) is 6.27. The molecular weight excluding hydrogens is 258 g/mol. The van der Waals surface area contributed by atoms with Crippen LogP contribution in [0.5, 0.6) is 5.75 Å². The van der Waals surface area contributed by atoms with E-state index in [1.165, 1.54) is 17.5 Å². The van der Waals surface area contributed by atoms with Crippen molar-refractivity contribution in [2.75, 3.05) is 19.7 Å². The summed E-state index contributed by atoms with van der Waals surface area (Å²) in [5.41, 5.74) is 3.08. The minimum atomic E-state index is 0.112. The average Bonchev–Trinajstić information content (AvgIpc) is 2.32. The van der Waals surface area contributed by atoms with Gasteiger partial charge in [0.2, 0.25) is 0 Å². The topological polar surface area (TPSA) is 21.3 Å². The summed E-state index contributed by atoms with van der Waals surface area (Å²) in [5, 5.41) is 3.46. The molecule has 0 saturated heterocycles. The molecule has 0 unspecified atom stereocenters. The van der Waals surface area contributed by atoms with Crippen molar-refractivity contribution < 1.29 is 4.74 Å². The SMILES string of the molecule is Cc1ccc(OCCNCCC(C)(C)C)c(C(C)(C)C)c1. The van der Waals surface area contributed by atoms with Crippen LogP contribution in [0, 0.1) is 12.3 Å². The summed E-state index contributed by atoms with van der Waals surface area (Å²) in [6.45, 7) is 18.3. The number of aryl methyl sites for hydroxylation is 1. The molecule has 21 heavy (non-hydrogen) atoms. The summed E-state index contributed by atoms with van der Waals surface area (Å²) in [7, 11) is 0. The van der Waals surface area contributed by atoms with E-state index in [0.29, 0.717) is 5.41 Å². The van der Waals surface area contributed by atoms with Crippen LogP contribution < -0.4 is 10.1 Å². The number of nitrogens with one attached hydrogen (secondary N) is 1. The molecule has 0 fully saturated rings. The Morgan fingerprint density at radius 1 is 1.00 bits per heavy atom. The molecule has 0 saturated carbocycles. The molecule has 1 N–H and O–H groups in total. The van der Waals surface area contributed by atoms with Crippen LogP contribution in [0.15, 0.2) is 18.2 Å². The lowest BCUT2D eigenvalue weighted by molar-refractivity contribution is 0.297. The fourth-order valence-electron chi connectivity index (χ4n) is 2.18. The number of hydrogen-bond donors (Lipinski definition) is 1. The molecule has 0 aliphatic rings. The summed E-state index contributed by atoms with van der Waals surface area (Å²) in [6.07, 6.45) is 1.19. The molecule has 0 spiro atoms. The van der Waals surface area contributed by atoms with Gasteiger partial charge in [0.15, 0.2) is 0 Å². The molecule has 2 heteroatoms. The van der Waals surface area contributed by atoms with Gasteiger partial charge in [0.1, 0.15) is 12.4 Å². The van der Waals surface area contributed by atoms with Gasteiger partial charge in [0.25, 0.3) is 0 Å². The second-order valence-electron chi connectivity index (χ2n) is 8.16. The van der Waals surface area contributed by atoms with Crippen LogP contribution in [0.25, 0.3) is 0 Å². The third-order valence-electron chi connectivity index (χ3n) is 3.53. The molecule has 0 aliphatic carbocycles. The van der Waals surface area contributed by atoms with Crippen LogP contribution in [0.1, 0.15) is 59.1 Å². The molecular formula is C19H33NO. The molecule has 0 radical (unpaired) electrons. The number of rotatable bonds is 6. The first-order valence-corrected chi connectivity index (χ1v) is 8.04. The third kappa shape index (κ3) is 6.99. The van der Waals surface area contributed by atoms with Gasteiger partial charge in [-0.25, -0.2) is 0 Å². The number of hydrogen-bond acceptors (Lipinski definition) is 2. The second-order valence-corrected chi connectivity index (χ2v) is 8.16. The fourth-order valence-corrected chi connectivity index (χ4v) is 2.18. The molecule has 120 valence electrons. The van der Waals surface area contributed by atoms with Crippen molar-refractivity contribution >= 4 is 0 Å². The van der Waals surface area contributed by atoms with Gasteiger partial charge in [-0.05, 0) is 42.3 Å². The van der Waals surface area contributed by atoms with Gasteiger partial charge < -0.3 is 10.1 Å². The summed E-state index contributed by atoms with van der Waals surface area (Å²) in [6, 6.07) is 6.46. The Morgan fingerprint density at radius 3 is 2.24 bits per heavy atom. The van der Waals surface area contributed by atoms with Crippen molar-refractivity contribution in [1.29, 1.82) is 0 Å². The molecule has 0 amide bonds. The van der Waals surface area contributed by atoms with E-state index in [2.05, 4.69) is 72.0 Å². The smallest absolute Gasteiger partial charge is 0.123 e. The Bertz CT molecular complexity index is 438. The van der Waals surface area contributed by atoms with E-state index in [-0.39, 0.29) is 5.41 Å². The van der Waals surface area contributed by atoms with Crippen LogP contribution >= 0.6 is 0 Å². The minimum Gasteiger partial charge on any atom is -0.492 e. The average molecular weight is 291 g/mol. The maximum Gasteiger partial charge on any atom is 0.123 e. The molecule has 0 aromatic heterocycles. The summed E-state index contributed by atoms with van der Waals surface area (Å²) in [4.78, 5) is 0. The van der Waals surface area contributed by atoms with E-state index in [9.17, 15) is 0 Å². The molecule has 0 bridgehead atoms. The number of ether oxygens (including phenoxy) is 1. The van der Waals surface area contributed by atoms with Crippen molar-refractivity contribution in [1.82, 2.24) is 5.32 Å². The standard InChI is InChI=1S/C19H33NO/c1-15-8-9-17(16(14-15)19(5,6)7)21-13-12-20-11-10-18(2,3)4/h8-9,14,20H,10-13H2,1-7H3. The largest absolute Gasteiger partial charge is 0.492 e. The van der Waals surface area contributed by atoms with Gasteiger partial charge >= 0.3 is 0 Å². The molecule has 0 atom stereocenters. The van der Waals surface area contributed by atoms with Gasteiger partial charge in [0.05, 0.1) is 0 Å². The van der Waals surface area contributed by atoms with E-state index in [0.717, 1.165) is 25.4 Å². The second kappa shape index (κ2) is 7.31. The Hall–Kier alpha value is -1.02. The fraction of sp³-hybridized carbons (Fsp3) is 0.684. The van der Waals surface area contributed by atoms with Gasteiger partial charge in [-0.15, -0.1) is 0 Å². The first-order valence-electron chi connectivity index (χ1n) is 8.04. The zero-order valence-electron chi connectivity index (χ0n) is 15.0. The van der Waals surface area contributed by atoms with Crippen LogP contribution in [0.4, 0.5) is 0 Å². The zero-order chi connectivity index (χ0) is 16.1. The molecule has 1 aromatic carbocycles. The van der Waals surface area contributed by atoms with Crippen molar-refractivity contribution in [3.8, 4) is 5.75 Å². The summed E-state index contributed by atoms with van der Waals surface area (Å²) >= 11 is 0. The highest BCUT2D eigenvalue weighted by atomic mass is 16.5. The highest BCUT2D eigenvalue weighted by molar-refractivity contribution is 5.41. The van der Waals surface area contributed by atoms with E-state index in [4.69, 9.17) is 4.74 Å². The molecule has 2 nitrogen and oxygen atoms in total. The zero-order valence-corrected chi connectivity index (χ0v) is 15.0. The van der Waals surface area contributed by atoms with E-state index >= 15 is 0 Å². The highest BCUT2D eigenvalue weighted by Crippen LogP contribution is 2.32. The van der Waals surface area contributed by atoms with Crippen LogP contribution in [0.3, 0.4) is 0 Å². The maximum absolute atomic E-state index is 5.99. The van der Waals surface area contributed by atoms with Crippen molar-refractivity contribution in [3.05, 3.63) is 29.3 Å². The van der Waals surface area contributed by atoms with Crippen LogP contribution in [0.2, 0.25) is 0 Å². The van der Waals surface area contributed by atoms with Gasteiger partial charge in [-0.1, -0.05) is 59.2 Å². The lowest BCUT2D eigenvalue weighted by atomic mass is 9.85. The van der Waals surface area contributed by atoms with E-state index < -0.39 is 0 Å². The first kappa shape index (κ1) is 18.0. The lowest BCUT2D eigenvalue weighted by Crippen LogP contribution is -2.25. The Labute approximate surface area is 131 Å². The summed E-state index contributed by atoms with van der Waals surface area (Å²) < 4.78 is 5.99. The number of benzene rings is 1. The van der Waals surface area contributed by atoms with Crippen molar-refractivity contribution in [2.24, 2.45) is 5.41 Å². The quantitative estimate of drug-likeness (QED) is 0.767. The predicted molar refractivity (Wildman–Crippen MR) is 92.3 cm³/mol. The minimum absolute atomic E-state index is 0.112. The Balaban J connectivity index is 2.46. The van der Waals surface area contributed by atoms with E-state index in [1.807, 2.05) is 0 Å². The maximum atomic E-state index is 5.99. The predicted octanol–water partition coefficient (Wildman–Crippen LogP) is 4.70. The molecule has 1 rings (SSSR count). The third-order valence-corrected chi connectivity index (χ3v) is 3.53. The van der Waals surface area contributed by atoms with Crippen molar-refractivity contribution in [3.63, 3.8) is 0 Å². The van der Waals surface area contributed by atoms with Crippen LogP contribution in [-0.2, 0) is 5.41 Å². The molecule has 1 aromatic rings. The normalized spacial score (nSPS) is 12.5. The monoisotopic (exact) mass is 291 g/mol.